The zero-order valence-electron chi connectivity index (χ0n) is 8.93. The van der Waals surface area contributed by atoms with Crippen LogP contribution in [0.1, 0.15) is 18.4 Å². The Hall–Kier alpha value is -0.310. The zero-order valence-corrected chi connectivity index (χ0v) is 10.4. The fourth-order valence-corrected chi connectivity index (χ4v) is 2.25. The maximum absolute atomic E-state index is 12.9. The number of halogens is 3. The lowest BCUT2D eigenvalue weighted by molar-refractivity contribution is 0.271. The standard InChI is InChI=1S/C12H14Cl2FN/c13-5-6-16(11-3-4-11)8-9-1-2-10(15)7-12(9)14/h1-2,7,11H,3-6,8H2. The molecule has 0 saturated heterocycles. The molecule has 0 aromatic heterocycles. The second kappa shape index (κ2) is 5.35. The van der Waals surface area contributed by atoms with Crippen molar-refractivity contribution in [3.05, 3.63) is 34.6 Å². The van der Waals surface area contributed by atoms with Gasteiger partial charge in [0.1, 0.15) is 5.82 Å². The average molecular weight is 262 g/mol. The van der Waals surface area contributed by atoms with Crippen molar-refractivity contribution in [1.82, 2.24) is 4.90 Å². The Morgan fingerprint density at radius 3 is 2.69 bits per heavy atom. The number of nitrogens with zero attached hydrogens (tertiary/aromatic N) is 1. The summed E-state index contributed by atoms with van der Waals surface area (Å²) in [4.78, 5) is 2.31. The minimum atomic E-state index is -0.288. The first-order valence-corrected chi connectivity index (χ1v) is 6.36. The van der Waals surface area contributed by atoms with Gasteiger partial charge < -0.3 is 0 Å². The molecule has 0 atom stereocenters. The zero-order chi connectivity index (χ0) is 11.5. The highest BCUT2D eigenvalue weighted by molar-refractivity contribution is 6.31. The largest absolute Gasteiger partial charge is 0.295 e. The van der Waals surface area contributed by atoms with E-state index in [0.717, 1.165) is 18.7 Å². The van der Waals surface area contributed by atoms with Crippen LogP contribution < -0.4 is 0 Å². The topological polar surface area (TPSA) is 3.24 Å². The Labute approximate surface area is 105 Å². The van der Waals surface area contributed by atoms with Crippen LogP contribution in [-0.2, 0) is 6.54 Å². The van der Waals surface area contributed by atoms with Crippen molar-refractivity contribution in [3.8, 4) is 0 Å². The van der Waals surface area contributed by atoms with Crippen molar-refractivity contribution in [2.45, 2.75) is 25.4 Å². The first kappa shape index (κ1) is 12.2. The molecular formula is C12H14Cl2FN. The van der Waals surface area contributed by atoms with Crippen molar-refractivity contribution in [2.24, 2.45) is 0 Å². The van der Waals surface area contributed by atoms with Crippen molar-refractivity contribution in [2.75, 3.05) is 12.4 Å². The summed E-state index contributed by atoms with van der Waals surface area (Å²) < 4.78 is 12.9. The molecule has 1 aromatic carbocycles. The molecule has 0 aliphatic heterocycles. The van der Waals surface area contributed by atoms with Gasteiger partial charge in [-0.15, -0.1) is 11.6 Å². The van der Waals surface area contributed by atoms with Gasteiger partial charge in [0.05, 0.1) is 0 Å². The fraction of sp³-hybridized carbons (Fsp3) is 0.500. The number of alkyl halides is 1. The molecule has 1 aliphatic rings. The van der Waals surface area contributed by atoms with Crippen molar-refractivity contribution >= 4 is 23.2 Å². The van der Waals surface area contributed by atoms with Crippen LogP contribution in [0.2, 0.25) is 5.02 Å². The molecule has 1 aromatic rings. The Kier molecular flexibility index (Phi) is 4.06. The van der Waals surface area contributed by atoms with Crippen LogP contribution >= 0.6 is 23.2 Å². The van der Waals surface area contributed by atoms with Gasteiger partial charge in [0.2, 0.25) is 0 Å². The summed E-state index contributed by atoms with van der Waals surface area (Å²) in [5.74, 6) is 0.332. The Balaban J connectivity index is 2.05. The quantitative estimate of drug-likeness (QED) is 0.731. The summed E-state index contributed by atoms with van der Waals surface area (Å²) >= 11 is 11.8. The van der Waals surface area contributed by atoms with Crippen molar-refractivity contribution in [1.29, 1.82) is 0 Å². The summed E-state index contributed by atoms with van der Waals surface area (Å²) in [5, 5.41) is 0.500. The van der Waals surface area contributed by atoms with Crippen LogP contribution in [0.5, 0.6) is 0 Å². The molecular weight excluding hydrogens is 248 g/mol. The molecule has 0 unspecified atom stereocenters. The third-order valence-electron chi connectivity index (χ3n) is 2.82. The van der Waals surface area contributed by atoms with Gasteiger partial charge in [-0.3, -0.25) is 4.90 Å². The third-order valence-corrected chi connectivity index (χ3v) is 3.34. The normalized spacial score (nSPS) is 15.8. The van der Waals surface area contributed by atoms with E-state index in [2.05, 4.69) is 4.90 Å². The van der Waals surface area contributed by atoms with Gasteiger partial charge in [-0.25, -0.2) is 4.39 Å². The van der Waals surface area contributed by atoms with Gasteiger partial charge in [0.25, 0.3) is 0 Å². The van der Waals surface area contributed by atoms with Gasteiger partial charge in [0.15, 0.2) is 0 Å². The van der Waals surface area contributed by atoms with Crippen molar-refractivity contribution < 1.29 is 4.39 Å². The molecule has 4 heteroatoms. The highest BCUT2D eigenvalue weighted by atomic mass is 35.5. The molecule has 16 heavy (non-hydrogen) atoms. The summed E-state index contributed by atoms with van der Waals surface area (Å²) in [6.07, 6.45) is 2.46. The van der Waals surface area contributed by atoms with Crippen molar-refractivity contribution in [3.63, 3.8) is 0 Å². The molecule has 0 bridgehead atoms. The van der Waals surface area contributed by atoms with Gasteiger partial charge in [-0.2, -0.15) is 0 Å². The summed E-state index contributed by atoms with van der Waals surface area (Å²) in [6, 6.07) is 5.21. The van der Waals surface area contributed by atoms with E-state index in [0.29, 0.717) is 16.9 Å². The SMILES string of the molecule is Fc1ccc(CN(CCCl)C2CC2)c(Cl)c1. The van der Waals surface area contributed by atoms with Crippen LogP contribution in [-0.4, -0.2) is 23.4 Å². The lowest BCUT2D eigenvalue weighted by Crippen LogP contribution is -2.27. The second-order valence-corrected chi connectivity index (χ2v) is 4.91. The first-order chi connectivity index (χ1) is 7.70. The molecule has 0 amide bonds. The number of hydrogen-bond donors (Lipinski definition) is 0. The van der Waals surface area contributed by atoms with E-state index in [-0.39, 0.29) is 5.82 Å². The maximum atomic E-state index is 12.9. The average Bonchev–Trinajstić information content (AvgIpc) is 3.04. The predicted octanol–water partition coefficient (Wildman–Crippen LogP) is 3.68. The molecule has 88 valence electrons. The van der Waals surface area contributed by atoms with E-state index >= 15 is 0 Å². The number of benzene rings is 1. The molecule has 1 nitrogen and oxygen atoms in total. The fourth-order valence-electron chi connectivity index (χ4n) is 1.81. The summed E-state index contributed by atoms with van der Waals surface area (Å²) in [5.41, 5.74) is 0.972. The third kappa shape index (κ3) is 3.09. The molecule has 0 N–H and O–H groups in total. The van der Waals surface area contributed by atoms with E-state index < -0.39 is 0 Å². The van der Waals surface area contributed by atoms with E-state index in [9.17, 15) is 4.39 Å². The van der Waals surface area contributed by atoms with Crippen LogP contribution in [0.25, 0.3) is 0 Å². The van der Waals surface area contributed by atoms with E-state index in [1.165, 1.54) is 25.0 Å². The molecule has 0 radical (unpaired) electrons. The van der Waals surface area contributed by atoms with Crippen LogP contribution in [0, 0.1) is 5.82 Å². The second-order valence-electron chi connectivity index (χ2n) is 4.13. The van der Waals surface area contributed by atoms with Crippen LogP contribution in [0.3, 0.4) is 0 Å². The van der Waals surface area contributed by atoms with Crippen LogP contribution in [0.15, 0.2) is 18.2 Å². The summed E-state index contributed by atoms with van der Waals surface area (Å²) in [6.45, 7) is 1.62. The minimum Gasteiger partial charge on any atom is -0.295 e. The van der Waals surface area contributed by atoms with Gasteiger partial charge in [-0.05, 0) is 30.5 Å². The highest BCUT2D eigenvalue weighted by Crippen LogP contribution is 2.29. The van der Waals surface area contributed by atoms with Gasteiger partial charge in [0, 0.05) is 30.0 Å². The van der Waals surface area contributed by atoms with Gasteiger partial charge in [-0.1, -0.05) is 17.7 Å². The van der Waals surface area contributed by atoms with E-state index in [1.807, 2.05) is 0 Å². The van der Waals surface area contributed by atoms with E-state index in [4.69, 9.17) is 23.2 Å². The number of rotatable bonds is 5. The molecule has 2 rings (SSSR count). The lowest BCUT2D eigenvalue weighted by atomic mass is 10.2. The van der Waals surface area contributed by atoms with Crippen LogP contribution in [0.4, 0.5) is 4.39 Å². The highest BCUT2D eigenvalue weighted by Gasteiger charge is 2.28. The smallest absolute Gasteiger partial charge is 0.124 e. The Morgan fingerprint density at radius 2 is 2.12 bits per heavy atom. The molecule has 1 aliphatic carbocycles. The van der Waals surface area contributed by atoms with Gasteiger partial charge >= 0.3 is 0 Å². The molecule has 0 heterocycles. The molecule has 1 fully saturated rings. The minimum absolute atomic E-state index is 0.288. The molecule has 0 spiro atoms. The Morgan fingerprint density at radius 1 is 1.38 bits per heavy atom. The number of hydrogen-bond acceptors (Lipinski definition) is 1. The Bertz CT molecular complexity index is 366. The molecule has 1 saturated carbocycles. The first-order valence-electron chi connectivity index (χ1n) is 5.44. The predicted molar refractivity (Wildman–Crippen MR) is 65.6 cm³/mol. The monoisotopic (exact) mass is 261 g/mol. The van der Waals surface area contributed by atoms with E-state index in [1.54, 1.807) is 6.07 Å². The maximum Gasteiger partial charge on any atom is 0.124 e. The summed E-state index contributed by atoms with van der Waals surface area (Å²) in [7, 11) is 0. The lowest BCUT2D eigenvalue weighted by Gasteiger charge is -2.21.